The molecule has 0 radical (unpaired) electrons. The molecule has 21 heavy (non-hydrogen) atoms. The maximum atomic E-state index is 11.4. The van der Waals surface area contributed by atoms with Gasteiger partial charge in [0.15, 0.2) is 9.84 Å². The number of hydrogen-bond acceptors (Lipinski definition) is 4. The molecule has 2 rings (SSSR count). The molecule has 0 aliphatic carbocycles. The zero-order chi connectivity index (χ0) is 15.6. The van der Waals surface area contributed by atoms with Crippen LogP contribution in [0.2, 0.25) is 5.02 Å². The minimum Gasteiger partial charge on any atom is -0.478 e. The van der Waals surface area contributed by atoms with Gasteiger partial charge in [0.1, 0.15) is 11.5 Å². The highest BCUT2D eigenvalue weighted by Gasteiger charge is 2.12. The first-order chi connectivity index (χ1) is 9.77. The zero-order valence-electron chi connectivity index (χ0n) is 10.9. The maximum Gasteiger partial charge on any atom is 0.335 e. The number of aromatic carboxylic acids is 1. The number of benzene rings is 2. The lowest BCUT2D eigenvalue weighted by Gasteiger charge is -2.09. The van der Waals surface area contributed by atoms with Gasteiger partial charge in [0, 0.05) is 6.26 Å². The Kier molecular flexibility index (Phi) is 4.20. The van der Waals surface area contributed by atoms with Crippen LogP contribution in [0.1, 0.15) is 10.4 Å². The molecule has 0 aromatic heterocycles. The minimum absolute atomic E-state index is 0.0800. The highest BCUT2D eigenvalue weighted by atomic mass is 35.5. The second-order valence-electron chi connectivity index (χ2n) is 4.30. The van der Waals surface area contributed by atoms with Crippen molar-refractivity contribution in [1.29, 1.82) is 0 Å². The Hall–Kier alpha value is -2.05. The fraction of sp³-hybridized carbons (Fsp3) is 0.0714. The maximum absolute atomic E-state index is 11.4. The van der Waals surface area contributed by atoms with Crippen LogP contribution in [0.5, 0.6) is 11.5 Å². The van der Waals surface area contributed by atoms with E-state index in [4.69, 9.17) is 21.4 Å². The lowest BCUT2D eigenvalue weighted by molar-refractivity contribution is 0.0696. The Morgan fingerprint density at radius 3 is 2.48 bits per heavy atom. The number of sulfone groups is 1. The summed E-state index contributed by atoms with van der Waals surface area (Å²) in [6.45, 7) is 0. The molecule has 1 N–H and O–H groups in total. The first-order valence-electron chi connectivity index (χ1n) is 5.78. The summed E-state index contributed by atoms with van der Waals surface area (Å²) in [5, 5.41) is 9.03. The molecule has 0 fully saturated rings. The van der Waals surface area contributed by atoms with Crippen molar-refractivity contribution in [2.45, 2.75) is 4.90 Å². The number of hydrogen-bond donors (Lipinski definition) is 1. The topological polar surface area (TPSA) is 80.7 Å². The highest BCUT2D eigenvalue weighted by Crippen LogP contribution is 2.31. The van der Waals surface area contributed by atoms with Crippen molar-refractivity contribution < 1.29 is 23.1 Å². The Balaban J connectivity index is 2.32. The van der Waals surface area contributed by atoms with Crippen molar-refractivity contribution >= 4 is 27.4 Å². The summed E-state index contributed by atoms with van der Waals surface area (Å²) in [7, 11) is -3.35. The Morgan fingerprint density at radius 2 is 1.90 bits per heavy atom. The number of halogens is 1. The third-order valence-corrected chi connectivity index (χ3v) is 4.05. The summed E-state index contributed by atoms with van der Waals surface area (Å²) in [6, 6.07) is 9.98. The van der Waals surface area contributed by atoms with Crippen molar-refractivity contribution in [2.24, 2.45) is 0 Å². The van der Waals surface area contributed by atoms with Crippen molar-refractivity contribution in [3.63, 3.8) is 0 Å². The van der Waals surface area contributed by atoms with Gasteiger partial charge in [-0.05, 0) is 36.4 Å². The van der Waals surface area contributed by atoms with Crippen LogP contribution in [-0.2, 0) is 9.84 Å². The van der Waals surface area contributed by atoms with Crippen LogP contribution >= 0.6 is 11.6 Å². The average molecular weight is 327 g/mol. The Bertz CT molecular complexity index is 799. The van der Waals surface area contributed by atoms with Crippen LogP contribution in [-0.4, -0.2) is 25.7 Å². The monoisotopic (exact) mass is 326 g/mol. The molecule has 0 aliphatic rings. The largest absolute Gasteiger partial charge is 0.478 e. The predicted octanol–water partition coefficient (Wildman–Crippen LogP) is 3.23. The standard InChI is InChI=1S/C14H11ClO5S/c1-21(18,19)11-5-6-13(12(15)8-11)20-10-4-2-3-9(7-10)14(16)17/h2-8H,1H3,(H,16,17). The fourth-order valence-electron chi connectivity index (χ4n) is 1.61. The van der Waals surface area contributed by atoms with Gasteiger partial charge in [0.2, 0.25) is 0 Å². The number of carboxylic acids is 1. The molecular weight excluding hydrogens is 316 g/mol. The molecule has 5 nitrogen and oxygen atoms in total. The molecule has 2 aromatic carbocycles. The van der Waals surface area contributed by atoms with Gasteiger partial charge in [-0.25, -0.2) is 13.2 Å². The molecule has 0 unspecified atom stereocenters. The van der Waals surface area contributed by atoms with E-state index in [1.54, 1.807) is 6.07 Å². The second-order valence-corrected chi connectivity index (χ2v) is 6.72. The van der Waals surface area contributed by atoms with Gasteiger partial charge in [0.25, 0.3) is 0 Å². The molecule has 7 heteroatoms. The van der Waals surface area contributed by atoms with E-state index in [0.717, 1.165) is 6.26 Å². The van der Waals surface area contributed by atoms with Crippen LogP contribution in [0.4, 0.5) is 0 Å². The smallest absolute Gasteiger partial charge is 0.335 e. The Labute approximate surface area is 126 Å². The molecule has 2 aromatic rings. The summed E-state index contributed by atoms with van der Waals surface area (Å²) < 4.78 is 28.3. The summed E-state index contributed by atoms with van der Waals surface area (Å²) in [5.41, 5.74) is 0.0800. The van der Waals surface area contributed by atoms with E-state index in [0.29, 0.717) is 5.75 Å². The van der Waals surface area contributed by atoms with Gasteiger partial charge >= 0.3 is 5.97 Å². The summed E-state index contributed by atoms with van der Waals surface area (Å²) >= 11 is 5.98. The van der Waals surface area contributed by atoms with E-state index < -0.39 is 15.8 Å². The lowest BCUT2D eigenvalue weighted by atomic mass is 10.2. The van der Waals surface area contributed by atoms with Crippen molar-refractivity contribution in [3.05, 3.63) is 53.1 Å². The van der Waals surface area contributed by atoms with Crippen molar-refractivity contribution in [1.82, 2.24) is 0 Å². The molecule has 0 atom stereocenters. The molecule has 0 heterocycles. The average Bonchev–Trinajstić information content (AvgIpc) is 2.40. The highest BCUT2D eigenvalue weighted by molar-refractivity contribution is 7.90. The molecule has 0 saturated heterocycles. The molecule has 0 spiro atoms. The second kappa shape index (κ2) is 5.75. The summed E-state index contributed by atoms with van der Waals surface area (Å²) in [5.74, 6) is -0.533. The molecule has 0 saturated carbocycles. The molecule has 0 aliphatic heterocycles. The van der Waals surface area contributed by atoms with Crippen molar-refractivity contribution in [3.8, 4) is 11.5 Å². The van der Waals surface area contributed by atoms with E-state index in [2.05, 4.69) is 0 Å². The van der Waals surface area contributed by atoms with E-state index in [9.17, 15) is 13.2 Å². The van der Waals surface area contributed by atoms with Gasteiger partial charge in [0.05, 0.1) is 15.5 Å². The number of rotatable bonds is 4. The molecule has 110 valence electrons. The molecule has 0 amide bonds. The van der Waals surface area contributed by atoms with Crippen LogP contribution in [0, 0.1) is 0 Å². The van der Waals surface area contributed by atoms with Crippen LogP contribution in [0.25, 0.3) is 0 Å². The third kappa shape index (κ3) is 3.74. The van der Waals surface area contributed by atoms with E-state index >= 15 is 0 Å². The fourth-order valence-corrected chi connectivity index (χ4v) is 2.55. The van der Waals surface area contributed by atoms with Gasteiger partial charge in [-0.15, -0.1) is 0 Å². The number of carboxylic acid groups (broad SMARTS) is 1. The van der Waals surface area contributed by atoms with E-state index in [1.807, 2.05) is 0 Å². The SMILES string of the molecule is CS(=O)(=O)c1ccc(Oc2cccc(C(=O)O)c2)c(Cl)c1. The van der Waals surface area contributed by atoms with E-state index in [-0.39, 0.29) is 21.2 Å². The normalized spacial score (nSPS) is 11.1. The van der Waals surface area contributed by atoms with Gasteiger partial charge in [-0.3, -0.25) is 0 Å². The summed E-state index contributed by atoms with van der Waals surface area (Å²) in [4.78, 5) is 11.0. The first-order valence-corrected chi connectivity index (χ1v) is 8.05. The third-order valence-electron chi connectivity index (χ3n) is 2.64. The van der Waals surface area contributed by atoms with Crippen LogP contribution < -0.4 is 4.74 Å². The molecule has 0 bridgehead atoms. The Morgan fingerprint density at radius 1 is 1.19 bits per heavy atom. The van der Waals surface area contributed by atoms with Crippen molar-refractivity contribution in [2.75, 3.05) is 6.26 Å². The van der Waals surface area contributed by atoms with E-state index in [1.165, 1.54) is 36.4 Å². The predicted molar refractivity (Wildman–Crippen MR) is 78.0 cm³/mol. The lowest BCUT2D eigenvalue weighted by Crippen LogP contribution is -1.98. The van der Waals surface area contributed by atoms with Gasteiger partial charge in [-0.1, -0.05) is 17.7 Å². The van der Waals surface area contributed by atoms with Gasteiger partial charge in [-0.2, -0.15) is 0 Å². The first kappa shape index (κ1) is 15.3. The number of carbonyl (C=O) groups is 1. The summed E-state index contributed by atoms with van der Waals surface area (Å²) in [6.07, 6.45) is 1.08. The molecular formula is C14H11ClO5S. The number of ether oxygens (including phenoxy) is 1. The quantitative estimate of drug-likeness (QED) is 0.932. The van der Waals surface area contributed by atoms with Gasteiger partial charge < -0.3 is 9.84 Å². The van der Waals surface area contributed by atoms with Crippen LogP contribution in [0.3, 0.4) is 0 Å². The zero-order valence-corrected chi connectivity index (χ0v) is 12.5. The van der Waals surface area contributed by atoms with Crippen LogP contribution in [0.15, 0.2) is 47.4 Å². The minimum atomic E-state index is -3.35.